The van der Waals surface area contributed by atoms with E-state index in [0.29, 0.717) is 5.56 Å². The van der Waals surface area contributed by atoms with Crippen molar-refractivity contribution >= 4 is 33.4 Å². The van der Waals surface area contributed by atoms with Gasteiger partial charge in [0.05, 0.1) is 10.2 Å². The van der Waals surface area contributed by atoms with Crippen LogP contribution in [0.15, 0.2) is 78.9 Å². The first-order valence-corrected chi connectivity index (χ1v) is 9.94. The number of thiazole rings is 1. The van der Waals surface area contributed by atoms with Gasteiger partial charge in [0.15, 0.2) is 0 Å². The lowest BCUT2D eigenvalue weighted by Crippen LogP contribution is -2.30. The number of amides is 1. The van der Waals surface area contributed by atoms with Crippen molar-refractivity contribution in [2.75, 3.05) is 6.54 Å². The Hall–Kier alpha value is -3.51. The number of nitrogens with one attached hydrogen (secondary N) is 1. The average molecular weight is 402 g/mol. The number of carbonyl (C=O) groups is 2. The average Bonchev–Trinajstić information content (AvgIpc) is 3.20. The van der Waals surface area contributed by atoms with Gasteiger partial charge in [0.2, 0.25) is 0 Å². The van der Waals surface area contributed by atoms with Gasteiger partial charge in [-0.25, -0.2) is 4.98 Å². The van der Waals surface area contributed by atoms with Crippen molar-refractivity contribution in [2.24, 2.45) is 0 Å². The summed E-state index contributed by atoms with van der Waals surface area (Å²) < 4.78 is 6.26. The standard InChI is InChI=1S/C23H18N2O3S/c26-22(28-15-21-25-19-8-4-5-9-20(19)29-21)14-24-23(27)18-12-10-17(11-13-18)16-6-2-1-3-7-16/h1-13H,14-15H2,(H,24,27). The highest BCUT2D eigenvalue weighted by Crippen LogP contribution is 2.22. The summed E-state index contributed by atoms with van der Waals surface area (Å²) in [6.45, 7) is -0.0933. The van der Waals surface area contributed by atoms with Crippen molar-refractivity contribution in [1.29, 1.82) is 0 Å². The number of benzene rings is 3. The molecule has 0 bridgehead atoms. The fraction of sp³-hybridized carbons (Fsp3) is 0.0870. The van der Waals surface area contributed by atoms with Crippen LogP contribution in [0.1, 0.15) is 15.4 Å². The largest absolute Gasteiger partial charge is 0.457 e. The van der Waals surface area contributed by atoms with Crippen molar-refractivity contribution in [1.82, 2.24) is 10.3 Å². The number of ether oxygens (including phenoxy) is 1. The molecule has 0 saturated heterocycles. The number of aromatic nitrogens is 1. The van der Waals surface area contributed by atoms with Gasteiger partial charge < -0.3 is 10.1 Å². The number of hydrogen-bond donors (Lipinski definition) is 1. The molecule has 1 aromatic heterocycles. The molecule has 0 saturated carbocycles. The van der Waals surface area contributed by atoms with Crippen molar-refractivity contribution in [3.63, 3.8) is 0 Å². The third-order valence-electron chi connectivity index (χ3n) is 4.34. The van der Waals surface area contributed by atoms with Gasteiger partial charge in [-0.2, -0.15) is 0 Å². The van der Waals surface area contributed by atoms with Gasteiger partial charge in [0, 0.05) is 5.56 Å². The zero-order valence-corrected chi connectivity index (χ0v) is 16.3. The first-order chi connectivity index (χ1) is 14.2. The third kappa shape index (κ3) is 4.67. The van der Waals surface area contributed by atoms with Gasteiger partial charge >= 0.3 is 5.97 Å². The Labute approximate surface area is 172 Å². The molecule has 0 radical (unpaired) electrons. The SMILES string of the molecule is O=C(CNC(=O)c1ccc(-c2ccccc2)cc1)OCc1nc2ccccc2s1. The molecule has 1 heterocycles. The van der Waals surface area contributed by atoms with E-state index in [2.05, 4.69) is 10.3 Å². The van der Waals surface area contributed by atoms with Crippen molar-refractivity contribution in [3.05, 3.63) is 89.4 Å². The normalized spacial score (nSPS) is 10.6. The monoisotopic (exact) mass is 402 g/mol. The molecule has 0 unspecified atom stereocenters. The third-order valence-corrected chi connectivity index (χ3v) is 5.35. The second-order valence-electron chi connectivity index (χ2n) is 6.36. The number of fused-ring (bicyclic) bond motifs is 1. The van der Waals surface area contributed by atoms with Gasteiger partial charge in [-0.1, -0.05) is 54.6 Å². The Morgan fingerprint density at radius 3 is 2.31 bits per heavy atom. The van der Waals surface area contributed by atoms with E-state index >= 15 is 0 Å². The first kappa shape index (κ1) is 18.8. The van der Waals surface area contributed by atoms with E-state index < -0.39 is 5.97 Å². The summed E-state index contributed by atoms with van der Waals surface area (Å²) in [5.74, 6) is -0.819. The van der Waals surface area contributed by atoms with Crippen LogP contribution < -0.4 is 5.32 Å². The lowest BCUT2D eigenvalue weighted by molar-refractivity contribution is -0.143. The topological polar surface area (TPSA) is 68.3 Å². The number of hydrogen-bond acceptors (Lipinski definition) is 5. The molecule has 0 fully saturated rings. The Bertz CT molecular complexity index is 1100. The summed E-state index contributed by atoms with van der Waals surface area (Å²) in [7, 11) is 0. The van der Waals surface area contributed by atoms with Gasteiger partial charge in [-0.15, -0.1) is 11.3 Å². The summed E-state index contributed by atoms with van der Waals surface area (Å²) in [5.41, 5.74) is 3.48. The van der Waals surface area contributed by atoms with E-state index in [9.17, 15) is 9.59 Å². The molecule has 29 heavy (non-hydrogen) atoms. The predicted octanol–water partition coefficient (Wildman–Crippen LogP) is 4.44. The highest BCUT2D eigenvalue weighted by molar-refractivity contribution is 7.18. The van der Waals surface area contributed by atoms with Crippen LogP contribution in [0.2, 0.25) is 0 Å². The minimum atomic E-state index is -0.501. The molecule has 6 heteroatoms. The van der Waals surface area contributed by atoms with E-state index in [1.165, 1.54) is 11.3 Å². The van der Waals surface area contributed by atoms with Crippen LogP contribution in [0.3, 0.4) is 0 Å². The Kier molecular flexibility index (Phi) is 5.63. The quantitative estimate of drug-likeness (QED) is 0.484. The predicted molar refractivity (Wildman–Crippen MR) is 114 cm³/mol. The van der Waals surface area contributed by atoms with Gasteiger partial charge in [-0.3, -0.25) is 9.59 Å². The number of esters is 1. The first-order valence-electron chi connectivity index (χ1n) is 9.13. The highest BCUT2D eigenvalue weighted by atomic mass is 32.1. The fourth-order valence-electron chi connectivity index (χ4n) is 2.87. The number of nitrogens with zero attached hydrogens (tertiary/aromatic N) is 1. The molecular weight excluding hydrogens is 384 g/mol. The summed E-state index contributed by atoms with van der Waals surface area (Å²) in [5, 5.41) is 3.31. The molecule has 1 amide bonds. The van der Waals surface area contributed by atoms with Crippen molar-refractivity contribution in [2.45, 2.75) is 6.61 Å². The zero-order valence-electron chi connectivity index (χ0n) is 15.5. The van der Waals surface area contributed by atoms with Crippen LogP contribution in [-0.4, -0.2) is 23.4 Å². The second kappa shape index (κ2) is 8.67. The highest BCUT2D eigenvalue weighted by Gasteiger charge is 2.11. The van der Waals surface area contributed by atoms with Gasteiger partial charge in [0.25, 0.3) is 5.91 Å². The van der Waals surface area contributed by atoms with Crippen LogP contribution in [0.5, 0.6) is 0 Å². The maximum atomic E-state index is 12.3. The van der Waals surface area contributed by atoms with E-state index in [1.54, 1.807) is 12.1 Å². The molecule has 0 atom stereocenters. The summed E-state index contributed by atoms with van der Waals surface area (Å²) >= 11 is 1.48. The summed E-state index contributed by atoms with van der Waals surface area (Å²) in [4.78, 5) is 28.6. The number of carbonyl (C=O) groups excluding carboxylic acids is 2. The van der Waals surface area contributed by atoms with E-state index in [0.717, 1.165) is 26.4 Å². The molecule has 3 aromatic carbocycles. The molecular formula is C23H18N2O3S. The molecule has 144 valence electrons. The van der Waals surface area contributed by atoms with E-state index in [1.807, 2.05) is 66.7 Å². The van der Waals surface area contributed by atoms with Crippen LogP contribution in [-0.2, 0) is 16.1 Å². The van der Waals surface area contributed by atoms with Crippen LogP contribution >= 0.6 is 11.3 Å². The molecule has 0 aliphatic rings. The minimum Gasteiger partial charge on any atom is -0.457 e. The molecule has 4 rings (SSSR count). The fourth-order valence-corrected chi connectivity index (χ4v) is 3.75. The molecule has 0 spiro atoms. The summed E-state index contributed by atoms with van der Waals surface area (Å²) in [6, 6.07) is 24.9. The second-order valence-corrected chi connectivity index (χ2v) is 7.48. The Morgan fingerprint density at radius 2 is 1.55 bits per heavy atom. The summed E-state index contributed by atoms with van der Waals surface area (Å²) in [6.07, 6.45) is 0. The zero-order chi connectivity index (χ0) is 20.1. The van der Waals surface area contributed by atoms with E-state index in [-0.39, 0.29) is 19.1 Å². The maximum Gasteiger partial charge on any atom is 0.325 e. The minimum absolute atomic E-state index is 0.0970. The van der Waals surface area contributed by atoms with Crippen LogP contribution in [0.4, 0.5) is 0 Å². The lowest BCUT2D eigenvalue weighted by atomic mass is 10.0. The molecule has 1 N–H and O–H groups in total. The van der Waals surface area contributed by atoms with Crippen LogP contribution in [0, 0.1) is 0 Å². The molecule has 0 aliphatic carbocycles. The lowest BCUT2D eigenvalue weighted by Gasteiger charge is -2.07. The molecule has 5 nitrogen and oxygen atoms in total. The van der Waals surface area contributed by atoms with Gasteiger partial charge in [0.1, 0.15) is 18.2 Å². The van der Waals surface area contributed by atoms with E-state index in [4.69, 9.17) is 4.74 Å². The smallest absolute Gasteiger partial charge is 0.325 e. The number of rotatable bonds is 6. The van der Waals surface area contributed by atoms with Crippen LogP contribution in [0.25, 0.3) is 21.3 Å². The van der Waals surface area contributed by atoms with Crippen molar-refractivity contribution < 1.29 is 14.3 Å². The maximum absolute atomic E-state index is 12.3. The Balaban J connectivity index is 1.28. The molecule has 4 aromatic rings. The molecule has 0 aliphatic heterocycles. The Morgan fingerprint density at radius 1 is 0.862 bits per heavy atom. The van der Waals surface area contributed by atoms with Crippen molar-refractivity contribution in [3.8, 4) is 11.1 Å². The van der Waals surface area contributed by atoms with Gasteiger partial charge in [-0.05, 0) is 35.4 Å². The number of para-hydroxylation sites is 1.